The van der Waals surface area contributed by atoms with Gasteiger partial charge in [0.2, 0.25) is 0 Å². The van der Waals surface area contributed by atoms with Crippen LogP contribution in [0.15, 0.2) is 12.7 Å². The van der Waals surface area contributed by atoms with Crippen LogP contribution in [0.5, 0.6) is 0 Å². The SMILES string of the molecule is C=CCCCCOC(C)C. The summed E-state index contributed by atoms with van der Waals surface area (Å²) >= 11 is 0. The number of rotatable bonds is 6. The quantitative estimate of drug-likeness (QED) is 0.409. The lowest BCUT2D eigenvalue weighted by Gasteiger charge is -2.05. The van der Waals surface area contributed by atoms with E-state index in [0.717, 1.165) is 19.4 Å². The van der Waals surface area contributed by atoms with E-state index in [1.807, 2.05) is 6.08 Å². The lowest BCUT2D eigenvalue weighted by molar-refractivity contribution is 0.0762. The third-order valence-electron chi connectivity index (χ3n) is 1.25. The number of hydrogen-bond acceptors (Lipinski definition) is 1. The van der Waals surface area contributed by atoms with Crippen LogP contribution in [0, 0.1) is 0 Å². The van der Waals surface area contributed by atoms with E-state index in [1.165, 1.54) is 6.42 Å². The van der Waals surface area contributed by atoms with E-state index >= 15 is 0 Å². The van der Waals surface area contributed by atoms with Gasteiger partial charge in [-0.25, -0.2) is 0 Å². The lowest BCUT2D eigenvalue weighted by Crippen LogP contribution is -2.03. The highest BCUT2D eigenvalue weighted by Gasteiger charge is 1.91. The first-order valence-corrected chi connectivity index (χ1v) is 4.00. The molecule has 0 heterocycles. The van der Waals surface area contributed by atoms with Gasteiger partial charge >= 0.3 is 0 Å². The first-order valence-electron chi connectivity index (χ1n) is 4.00. The Morgan fingerprint density at radius 3 is 2.60 bits per heavy atom. The van der Waals surface area contributed by atoms with Crippen LogP contribution in [0.25, 0.3) is 0 Å². The highest BCUT2D eigenvalue weighted by Crippen LogP contribution is 1.97. The fourth-order valence-electron chi connectivity index (χ4n) is 0.710. The molecule has 60 valence electrons. The summed E-state index contributed by atoms with van der Waals surface area (Å²) in [6.45, 7) is 8.67. The lowest BCUT2D eigenvalue weighted by atomic mass is 10.2. The maximum absolute atomic E-state index is 5.35. The molecule has 0 N–H and O–H groups in total. The standard InChI is InChI=1S/C9H18O/c1-4-5-6-7-8-10-9(2)3/h4,9H,1,5-8H2,2-3H3. The Labute approximate surface area is 64.1 Å². The third-order valence-corrected chi connectivity index (χ3v) is 1.25. The molecule has 10 heavy (non-hydrogen) atoms. The Morgan fingerprint density at radius 2 is 2.10 bits per heavy atom. The fraction of sp³-hybridized carbons (Fsp3) is 0.778. The first kappa shape index (κ1) is 9.70. The van der Waals surface area contributed by atoms with E-state index in [0.29, 0.717) is 6.10 Å². The van der Waals surface area contributed by atoms with Crippen molar-refractivity contribution in [2.75, 3.05) is 6.61 Å². The Balaban J connectivity index is 2.83. The van der Waals surface area contributed by atoms with Gasteiger partial charge in [0.1, 0.15) is 0 Å². The molecule has 0 spiro atoms. The normalized spacial score (nSPS) is 10.3. The van der Waals surface area contributed by atoms with Crippen LogP contribution in [-0.2, 0) is 4.74 Å². The molecule has 0 unspecified atom stereocenters. The number of hydrogen-bond donors (Lipinski definition) is 0. The van der Waals surface area contributed by atoms with Crippen molar-refractivity contribution in [1.29, 1.82) is 0 Å². The molecule has 0 aliphatic rings. The average Bonchev–Trinajstić information content (AvgIpc) is 1.87. The summed E-state index contributed by atoms with van der Waals surface area (Å²) in [6, 6.07) is 0. The van der Waals surface area contributed by atoms with Crippen LogP contribution in [0.1, 0.15) is 33.1 Å². The monoisotopic (exact) mass is 142 g/mol. The fourth-order valence-corrected chi connectivity index (χ4v) is 0.710. The summed E-state index contributed by atoms with van der Waals surface area (Å²) in [5.41, 5.74) is 0. The topological polar surface area (TPSA) is 9.23 Å². The molecule has 0 amide bonds. The molecule has 1 heteroatoms. The van der Waals surface area contributed by atoms with Crippen molar-refractivity contribution in [2.24, 2.45) is 0 Å². The molecular weight excluding hydrogens is 124 g/mol. The van der Waals surface area contributed by atoms with Crippen LogP contribution in [0.3, 0.4) is 0 Å². The van der Waals surface area contributed by atoms with Gasteiger partial charge in [-0.3, -0.25) is 0 Å². The van der Waals surface area contributed by atoms with Crippen molar-refractivity contribution >= 4 is 0 Å². The van der Waals surface area contributed by atoms with Crippen LogP contribution in [-0.4, -0.2) is 12.7 Å². The molecule has 0 aromatic carbocycles. The molecule has 0 aromatic heterocycles. The van der Waals surface area contributed by atoms with Gasteiger partial charge in [-0.1, -0.05) is 6.08 Å². The zero-order valence-corrected chi connectivity index (χ0v) is 7.10. The van der Waals surface area contributed by atoms with Crippen LogP contribution >= 0.6 is 0 Å². The summed E-state index contributed by atoms with van der Waals surface area (Å²) in [5.74, 6) is 0. The molecule has 0 aromatic rings. The minimum atomic E-state index is 0.378. The largest absolute Gasteiger partial charge is 0.379 e. The highest BCUT2D eigenvalue weighted by molar-refractivity contribution is 4.65. The molecule has 0 atom stereocenters. The third kappa shape index (κ3) is 7.70. The predicted octanol–water partition coefficient (Wildman–Crippen LogP) is 2.77. The van der Waals surface area contributed by atoms with Gasteiger partial charge in [0.25, 0.3) is 0 Å². The van der Waals surface area contributed by atoms with E-state index < -0.39 is 0 Å². The Kier molecular flexibility index (Phi) is 6.61. The molecule has 0 radical (unpaired) electrons. The minimum absolute atomic E-state index is 0.378. The maximum atomic E-state index is 5.35. The van der Waals surface area contributed by atoms with Crippen molar-refractivity contribution in [3.8, 4) is 0 Å². The molecule has 0 saturated heterocycles. The van der Waals surface area contributed by atoms with Gasteiger partial charge in [0, 0.05) is 6.61 Å². The van der Waals surface area contributed by atoms with E-state index in [2.05, 4.69) is 20.4 Å². The van der Waals surface area contributed by atoms with Gasteiger partial charge in [-0.15, -0.1) is 6.58 Å². The predicted molar refractivity (Wildman–Crippen MR) is 45.1 cm³/mol. The molecule has 1 nitrogen and oxygen atoms in total. The van der Waals surface area contributed by atoms with Crippen molar-refractivity contribution in [1.82, 2.24) is 0 Å². The molecule has 0 fully saturated rings. The van der Waals surface area contributed by atoms with Gasteiger partial charge in [0.05, 0.1) is 6.10 Å². The molecule has 0 aliphatic heterocycles. The number of ether oxygens (including phenoxy) is 1. The van der Waals surface area contributed by atoms with E-state index in [1.54, 1.807) is 0 Å². The Bertz CT molecular complexity index is 76.8. The van der Waals surface area contributed by atoms with E-state index in [9.17, 15) is 0 Å². The average molecular weight is 142 g/mol. The zero-order valence-electron chi connectivity index (χ0n) is 7.10. The molecule has 0 aliphatic carbocycles. The maximum Gasteiger partial charge on any atom is 0.0518 e. The number of allylic oxidation sites excluding steroid dienone is 1. The summed E-state index contributed by atoms with van der Waals surface area (Å²) in [7, 11) is 0. The van der Waals surface area contributed by atoms with Crippen molar-refractivity contribution < 1.29 is 4.74 Å². The molecular formula is C9H18O. The van der Waals surface area contributed by atoms with Crippen LogP contribution in [0.2, 0.25) is 0 Å². The van der Waals surface area contributed by atoms with Crippen LogP contribution < -0.4 is 0 Å². The van der Waals surface area contributed by atoms with Crippen molar-refractivity contribution in [3.63, 3.8) is 0 Å². The minimum Gasteiger partial charge on any atom is -0.379 e. The molecule has 0 bridgehead atoms. The van der Waals surface area contributed by atoms with Gasteiger partial charge in [0.15, 0.2) is 0 Å². The second kappa shape index (κ2) is 6.81. The van der Waals surface area contributed by atoms with E-state index in [4.69, 9.17) is 4.74 Å². The number of unbranched alkanes of at least 4 members (excludes halogenated alkanes) is 2. The summed E-state index contributed by atoms with van der Waals surface area (Å²) in [4.78, 5) is 0. The molecule has 0 rings (SSSR count). The van der Waals surface area contributed by atoms with Crippen molar-refractivity contribution in [3.05, 3.63) is 12.7 Å². The second-order valence-corrected chi connectivity index (χ2v) is 2.70. The second-order valence-electron chi connectivity index (χ2n) is 2.70. The van der Waals surface area contributed by atoms with E-state index in [-0.39, 0.29) is 0 Å². The molecule has 0 saturated carbocycles. The van der Waals surface area contributed by atoms with Gasteiger partial charge < -0.3 is 4.74 Å². The summed E-state index contributed by atoms with van der Waals surface area (Å²) in [5, 5.41) is 0. The first-order chi connectivity index (χ1) is 4.77. The van der Waals surface area contributed by atoms with Crippen molar-refractivity contribution in [2.45, 2.75) is 39.2 Å². The Morgan fingerprint density at radius 1 is 1.40 bits per heavy atom. The van der Waals surface area contributed by atoms with Gasteiger partial charge in [-0.2, -0.15) is 0 Å². The Hall–Kier alpha value is -0.300. The zero-order chi connectivity index (χ0) is 7.82. The smallest absolute Gasteiger partial charge is 0.0518 e. The summed E-state index contributed by atoms with van der Waals surface area (Å²) < 4.78 is 5.35. The highest BCUT2D eigenvalue weighted by atomic mass is 16.5. The summed E-state index contributed by atoms with van der Waals surface area (Å²) in [6.07, 6.45) is 5.81. The van der Waals surface area contributed by atoms with Crippen LogP contribution in [0.4, 0.5) is 0 Å². The van der Waals surface area contributed by atoms with Gasteiger partial charge in [-0.05, 0) is 33.1 Å².